The number of aliphatic hydroxyl groups excluding tert-OH is 1. The van der Waals surface area contributed by atoms with Crippen molar-refractivity contribution in [3.8, 4) is 16.9 Å². The number of hydrogen-bond acceptors (Lipinski definition) is 3. The molecule has 0 bridgehead atoms. The van der Waals surface area contributed by atoms with Gasteiger partial charge in [-0.25, -0.2) is 4.68 Å². The fourth-order valence-electron chi connectivity index (χ4n) is 3.69. The number of nitrogens with zero attached hydrogens (tertiary/aromatic N) is 4. The molecule has 1 saturated carbocycles. The first-order chi connectivity index (χ1) is 13.3. The third-order valence-corrected chi connectivity index (χ3v) is 5.31. The predicted octanol–water partition coefficient (Wildman–Crippen LogP) is 4.28. The Kier molecular flexibility index (Phi) is 3.83. The van der Waals surface area contributed by atoms with Gasteiger partial charge in [0.15, 0.2) is 0 Å². The Morgan fingerprint density at radius 2 is 1.89 bits per heavy atom. The molecule has 136 valence electrons. The lowest BCUT2D eigenvalue weighted by molar-refractivity contribution is 0.282. The summed E-state index contributed by atoms with van der Waals surface area (Å²) in [6, 6.07) is 17.0. The Morgan fingerprint density at radius 1 is 1.07 bits per heavy atom. The van der Waals surface area contributed by atoms with E-state index in [4.69, 9.17) is 5.10 Å². The number of rotatable bonds is 5. The number of hydrogen-bond donors (Lipinski definition) is 1. The molecule has 0 unspecified atom stereocenters. The van der Waals surface area contributed by atoms with Crippen LogP contribution < -0.4 is 0 Å². The quantitative estimate of drug-likeness (QED) is 0.579. The first-order valence-electron chi connectivity index (χ1n) is 9.54. The van der Waals surface area contributed by atoms with Crippen LogP contribution in [-0.2, 0) is 13.0 Å². The van der Waals surface area contributed by atoms with Gasteiger partial charge in [-0.3, -0.25) is 4.68 Å². The molecular weight excluding hydrogens is 336 g/mol. The Bertz CT molecular complexity index is 1100. The zero-order valence-electron chi connectivity index (χ0n) is 15.3. The maximum atomic E-state index is 9.26. The second-order valence-corrected chi connectivity index (χ2v) is 7.16. The van der Waals surface area contributed by atoms with Crippen LogP contribution in [0.2, 0.25) is 0 Å². The molecule has 5 rings (SSSR count). The molecule has 1 N–H and O–H groups in total. The van der Waals surface area contributed by atoms with Crippen molar-refractivity contribution in [2.24, 2.45) is 0 Å². The van der Waals surface area contributed by atoms with Gasteiger partial charge in [0.1, 0.15) is 0 Å². The van der Waals surface area contributed by atoms with Gasteiger partial charge in [-0.1, -0.05) is 31.2 Å². The second-order valence-electron chi connectivity index (χ2n) is 7.16. The Labute approximate surface area is 157 Å². The lowest BCUT2D eigenvalue weighted by atomic mass is 10.1. The van der Waals surface area contributed by atoms with Gasteiger partial charge < -0.3 is 5.11 Å². The van der Waals surface area contributed by atoms with E-state index in [-0.39, 0.29) is 6.61 Å². The minimum Gasteiger partial charge on any atom is -0.392 e. The van der Waals surface area contributed by atoms with Crippen LogP contribution in [0, 0.1) is 0 Å². The SMILES string of the molecule is CCc1nn(C2CC2)c2cc(-c3ccnn3-c3ccc(CO)cc3)ccc12. The van der Waals surface area contributed by atoms with E-state index in [1.165, 1.54) is 29.4 Å². The van der Waals surface area contributed by atoms with Gasteiger partial charge in [0, 0.05) is 10.9 Å². The zero-order valence-corrected chi connectivity index (χ0v) is 15.3. The van der Waals surface area contributed by atoms with Crippen molar-refractivity contribution in [3.05, 3.63) is 66.0 Å². The average Bonchev–Trinajstić information content (AvgIpc) is 3.32. The first kappa shape index (κ1) is 16.3. The number of aryl methyl sites for hydroxylation is 1. The van der Waals surface area contributed by atoms with Crippen molar-refractivity contribution in [2.45, 2.75) is 38.8 Å². The smallest absolute Gasteiger partial charge is 0.0741 e. The van der Waals surface area contributed by atoms with Crippen LogP contribution >= 0.6 is 0 Å². The second kappa shape index (κ2) is 6.35. The Hall–Kier alpha value is -2.92. The number of aromatic nitrogens is 4. The van der Waals surface area contributed by atoms with Crippen LogP contribution in [0.5, 0.6) is 0 Å². The van der Waals surface area contributed by atoms with Crippen LogP contribution in [0.1, 0.15) is 37.1 Å². The van der Waals surface area contributed by atoms with Gasteiger partial charge in [0.05, 0.1) is 41.4 Å². The number of fused-ring (bicyclic) bond motifs is 1. The predicted molar refractivity (Wildman–Crippen MR) is 106 cm³/mol. The minimum absolute atomic E-state index is 0.0494. The molecule has 2 aromatic carbocycles. The minimum atomic E-state index is 0.0494. The molecule has 0 radical (unpaired) electrons. The molecule has 2 heterocycles. The molecule has 0 aliphatic heterocycles. The lowest BCUT2D eigenvalue weighted by Gasteiger charge is -2.09. The topological polar surface area (TPSA) is 55.9 Å². The van der Waals surface area contributed by atoms with Gasteiger partial charge in [0.25, 0.3) is 0 Å². The molecule has 1 aliphatic carbocycles. The van der Waals surface area contributed by atoms with E-state index >= 15 is 0 Å². The molecule has 1 aliphatic rings. The van der Waals surface area contributed by atoms with E-state index in [1.807, 2.05) is 41.2 Å². The zero-order chi connectivity index (χ0) is 18.4. The summed E-state index contributed by atoms with van der Waals surface area (Å²) < 4.78 is 4.16. The lowest BCUT2D eigenvalue weighted by Crippen LogP contribution is -2.00. The number of benzene rings is 2. The van der Waals surface area contributed by atoms with Crippen LogP contribution in [0.25, 0.3) is 27.8 Å². The largest absolute Gasteiger partial charge is 0.392 e. The van der Waals surface area contributed by atoms with Crippen molar-refractivity contribution in [1.29, 1.82) is 0 Å². The molecule has 1 fully saturated rings. The summed E-state index contributed by atoms with van der Waals surface area (Å²) >= 11 is 0. The van der Waals surface area contributed by atoms with Gasteiger partial charge in [-0.15, -0.1) is 0 Å². The average molecular weight is 358 g/mol. The fourth-order valence-corrected chi connectivity index (χ4v) is 3.69. The number of aliphatic hydroxyl groups is 1. The standard InChI is InChI=1S/C22H22N4O/c1-2-20-19-10-5-16(13-22(19)26(24-20)18-8-9-18)21-11-12-23-25(21)17-6-3-15(14-27)4-7-17/h3-7,10-13,18,27H,2,8-9,14H2,1H3. The van der Waals surface area contributed by atoms with Crippen LogP contribution in [0.3, 0.4) is 0 Å². The Balaban J connectivity index is 1.62. The fraction of sp³-hybridized carbons (Fsp3) is 0.273. The van der Waals surface area contributed by atoms with Crippen LogP contribution in [0.4, 0.5) is 0 Å². The summed E-state index contributed by atoms with van der Waals surface area (Å²) in [7, 11) is 0. The van der Waals surface area contributed by atoms with Gasteiger partial charge in [0.2, 0.25) is 0 Å². The highest BCUT2D eigenvalue weighted by atomic mass is 16.3. The van der Waals surface area contributed by atoms with Crippen molar-refractivity contribution in [1.82, 2.24) is 19.6 Å². The van der Waals surface area contributed by atoms with Gasteiger partial charge in [-0.05, 0) is 49.1 Å². The van der Waals surface area contributed by atoms with Crippen molar-refractivity contribution >= 4 is 10.9 Å². The molecule has 4 aromatic rings. The molecule has 27 heavy (non-hydrogen) atoms. The van der Waals surface area contributed by atoms with Gasteiger partial charge in [-0.2, -0.15) is 10.2 Å². The molecule has 0 spiro atoms. The van der Waals surface area contributed by atoms with Crippen molar-refractivity contribution in [3.63, 3.8) is 0 Å². The highest BCUT2D eigenvalue weighted by molar-refractivity contribution is 5.86. The molecule has 0 saturated heterocycles. The van der Waals surface area contributed by atoms with E-state index in [0.29, 0.717) is 6.04 Å². The molecule has 0 atom stereocenters. The van der Waals surface area contributed by atoms with Crippen molar-refractivity contribution < 1.29 is 5.11 Å². The molecule has 5 nitrogen and oxygen atoms in total. The van der Waals surface area contributed by atoms with E-state index < -0.39 is 0 Å². The molecule has 0 amide bonds. The van der Waals surface area contributed by atoms with Crippen LogP contribution in [-0.4, -0.2) is 24.7 Å². The monoisotopic (exact) mass is 358 g/mol. The summed E-state index contributed by atoms with van der Waals surface area (Å²) in [4.78, 5) is 0. The van der Waals surface area contributed by atoms with Crippen LogP contribution in [0.15, 0.2) is 54.7 Å². The first-order valence-corrected chi connectivity index (χ1v) is 9.54. The molecule has 2 aromatic heterocycles. The third-order valence-electron chi connectivity index (χ3n) is 5.31. The summed E-state index contributed by atoms with van der Waals surface area (Å²) in [5.74, 6) is 0. The summed E-state index contributed by atoms with van der Waals surface area (Å²) in [6.45, 7) is 2.21. The maximum Gasteiger partial charge on any atom is 0.0741 e. The summed E-state index contributed by atoms with van der Waals surface area (Å²) in [6.07, 6.45) is 5.22. The molecular formula is C22H22N4O. The van der Waals surface area contributed by atoms with E-state index in [1.54, 1.807) is 0 Å². The van der Waals surface area contributed by atoms with Crippen molar-refractivity contribution in [2.75, 3.05) is 0 Å². The third kappa shape index (κ3) is 2.75. The van der Waals surface area contributed by atoms with E-state index in [0.717, 1.165) is 28.9 Å². The maximum absolute atomic E-state index is 9.26. The summed E-state index contributed by atoms with van der Waals surface area (Å²) in [5, 5.41) is 19.9. The molecule has 5 heteroatoms. The normalized spacial score (nSPS) is 14.1. The summed E-state index contributed by atoms with van der Waals surface area (Å²) in [5.41, 5.74) is 6.46. The van der Waals surface area contributed by atoms with E-state index in [9.17, 15) is 5.11 Å². The van der Waals surface area contributed by atoms with Gasteiger partial charge >= 0.3 is 0 Å². The highest BCUT2D eigenvalue weighted by Gasteiger charge is 2.27. The highest BCUT2D eigenvalue weighted by Crippen LogP contribution is 2.38. The van der Waals surface area contributed by atoms with E-state index in [2.05, 4.69) is 34.9 Å². The Morgan fingerprint density at radius 3 is 2.59 bits per heavy atom.